The Kier molecular flexibility index (Phi) is 4.46. The molecular formula is C7H7BrF4N4O. The number of rotatable bonds is 5. The molecule has 0 amide bonds. The highest BCUT2D eigenvalue weighted by Gasteiger charge is 2.42. The molecule has 0 unspecified atom stereocenters. The standard InChI is InChI=1S/C7H7BrF4N4O/c8-3-1-14-6(16-13)15-4(3)17-2-7(11,12)5(9)10/h1,5H,2,13H2,(H,14,15,16). The van der Waals surface area contributed by atoms with E-state index in [4.69, 9.17) is 5.84 Å². The number of halogens is 5. The SMILES string of the molecule is NNc1ncc(Br)c(OCC(F)(F)C(F)F)n1. The van der Waals surface area contributed by atoms with E-state index in [1.165, 1.54) is 6.20 Å². The van der Waals surface area contributed by atoms with Gasteiger partial charge in [-0.25, -0.2) is 19.6 Å². The average molecular weight is 319 g/mol. The van der Waals surface area contributed by atoms with Crippen LogP contribution in [0.2, 0.25) is 0 Å². The first-order valence-electron chi connectivity index (χ1n) is 4.14. The molecule has 0 aliphatic carbocycles. The highest BCUT2D eigenvalue weighted by atomic mass is 79.9. The molecule has 0 radical (unpaired) electrons. The lowest BCUT2D eigenvalue weighted by Crippen LogP contribution is -2.34. The molecule has 1 heterocycles. The molecule has 0 saturated heterocycles. The van der Waals surface area contributed by atoms with Crippen molar-refractivity contribution in [3.8, 4) is 5.88 Å². The molecule has 1 aromatic heterocycles. The predicted molar refractivity (Wildman–Crippen MR) is 54.0 cm³/mol. The molecule has 0 spiro atoms. The van der Waals surface area contributed by atoms with E-state index in [1.54, 1.807) is 0 Å². The van der Waals surface area contributed by atoms with Crippen LogP contribution in [0.15, 0.2) is 10.7 Å². The quantitative estimate of drug-likeness (QED) is 0.492. The van der Waals surface area contributed by atoms with Crippen LogP contribution in [-0.2, 0) is 0 Å². The van der Waals surface area contributed by atoms with Gasteiger partial charge in [0.05, 0.1) is 10.7 Å². The molecule has 10 heteroatoms. The van der Waals surface area contributed by atoms with Crippen LogP contribution in [-0.4, -0.2) is 28.9 Å². The number of nitrogens with zero attached hydrogens (tertiary/aromatic N) is 2. The minimum atomic E-state index is -4.25. The maximum absolute atomic E-state index is 12.6. The fourth-order valence-electron chi connectivity index (χ4n) is 0.750. The van der Waals surface area contributed by atoms with Crippen molar-refractivity contribution in [3.63, 3.8) is 0 Å². The zero-order valence-electron chi connectivity index (χ0n) is 8.13. The predicted octanol–water partition coefficient (Wildman–Crippen LogP) is 1.80. The maximum Gasteiger partial charge on any atom is 0.340 e. The highest BCUT2D eigenvalue weighted by Crippen LogP contribution is 2.27. The number of aromatic nitrogens is 2. The first-order chi connectivity index (χ1) is 7.86. The number of anilines is 1. The van der Waals surface area contributed by atoms with E-state index >= 15 is 0 Å². The number of nitrogens with two attached hydrogens (primary N) is 1. The van der Waals surface area contributed by atoms with Crippen molar-refractivity contribution in [3.05, 3.63) is 10.7 Å². The number of nitrogen functional groups attached to an aromatic ring is 1. The van der Waals surface area contributed by atoms with Crippen molar-refractivity contribution in [2.45, 2.75) is 12.3 Å². The van der Waals surface area contributed by atoms with Crippen LogP contribution < -0.4 is 16.0 Å². The number of hydrazine groups is 1. The number of ether oxygens (including phenoxy) is 1. The second-order valence-corrected chi connectivity index (χ2v) is 3.70. The lowest BCUT2D eigenvalue weighted by atomic mass is 10.4. The number of alkyl halides is 4. The van der Waals surface area contributed by atoms with Crippen molar-refractivity contribution in [1.82, 2.24) is 9.97 Å². The molecule has 1 rings (SSSR count). The molecule has 0 aliphatic rings. The summed E-state index contributed by atoms with van der Waals surface area (Å²) in [5, 5.41) is 0. The average Bonchev–Trinajstić information content (AvgIpc) is 2.28. The highest BCUT2D eigenvalue weighted by molar-refractivity contribution is 9.10. The third-order valence-corrected chi connectivity index (χ3v) is 2.11. The summed E-state index contributed by atoms with van der Waals surface area (Å²) in [5.74, 6) is 0.330. The Labute approximate surface area is 101 Å². The van der Waals surface area contributed by atoms with Gasteiger partial charge in [0.1, 0.15) is 0 Å². The van der Waals surface area contributed by atoms with Gasteiger partial charge in [0, 0.05) is 0 Å². The van der Waals surface area contributed by atoms with Gasteiger partial charge in [0.2, 0.25) is 11.8 Å². The van der Waals surface area contributed by atoms with Crippen LogP contribution >= 0.6 is 15.9 Å². The van der Waals surface area contributed by atoms with Crippen LogP contribution in [0.5, 0.6) is 5.88 Å². The first-order valence-corrected chi connectivity index (χ1v) is 4.94. The summed E-state index contributed by atoms with van der Waals surface area (Å²) in [6, 6.07) is 0. The fourth-order valence-corrected chi connectivity index (χ4v) is 1.06. The van der Waals surface area contributed by atoms with Crippen molar-refractivity contribution in [2.75, 3.05) is 12.0 Å². The minimum Gasteiger partial charge on any atom is -0.470 e. The van der Waals surface area contributed by atoms with Crippen LogP contribution in [0.1, 0.15) is 0 Å². The Bertz CT molecular complexity index is 392. The Morgan fingerprint density at radius 2 is 2.18 bits per heavy atom. The summed E-state index contributed by atoms with van der Waals surface area (Å²) in [7, 11) is 0. The van der Waals surface area contributed by atoms with Crippen LogP contribution in [0.4, 0.5) is 23.5 Å². The van der Waals surface area contributed by atoms with Gasteiger partial charge in [-0.3, -0.25) is 5.43 Å². The summed E-state index contributed by atoms with van der Waals surface area (Å²) in [4.78, 5) is 7.19. The summed E-state index contributed by atoms with van der Waals surface area (Å²) in [6.07, 6.45) is -2.63. The number of nitrogens with one attached hydrogen (secondary N) is 1. The van der Waals surface area contributed by atoms with Crippen LogP contribution in [0, 0.1) is 0 Å². The van der Waals surface area contributed by atoms with Gasteiger partial charge in [-0.2, -0.15) is 13.8 Å². The largest absolute Gasteiger partial charge is 0.470 e. The molecule has 3 N–H and O–H groups in total. The van der Waals surface area contributed by atoms with Crippen LogP contribution in [0.25, 0.3) is 0 Å². The second kappa shape index (κ2) is 5.45. The van der Waals surface area contributed by atoms with E-state index in [1.807, 2.05) is 0 Å². The van der Waals surface area contributed by atoms with Crippen LogP contribution in [0.3, 0.4) is 0 Å². The molecule has 0 saturated carbocycles. The summed E-state index contributed by atoms with van der Waals surface area (Å²) >= 11 is 2.91. The van der Waals surface area contributed by atoms with Gasteiger partial charge in [0.15, 0.2) is 6.61 Å². The van der Waals surface area contributed by atoms with Gasteiger partial charge in [-0.15, -0.1) is 0 Å². The minimum absolute atomic E-state index is 0.0939. The lowest BCUT2D eigenvalue weighted by molar-refractivity contribution is -0.148. The third-order valence-electron chi connectivity index (χ3n) is 1.56. The fraction of sp³-hybridized carbons (Fsp3) is 0.429. The topological polar surface area (TPSA) is 73.1 Å². The van der Waals surface area contributed by atoms with E-state index in [0.29, 0.717) is 0 Å². The zero-order valence-corrected chi connectivity index (χ0v) is 9.72. The van der Waals surface area contributed by atoms with E-state index in [0.717, 1.165) is 0 Å². The van der Waals surface area contributed by atoms with E-state index in [2.05, 4.69) is 36.1 Å². The second-order valence-electron chi connectivity index (χ2n) is 2.84. The normalized spacial score (nSPS) is 11.7. The third kappa shape index (κ3) is 3.66. The van der Waals surface area contributed by atoms with Gasteiger partial charge in [0.25, 0.3) is 0 Å². The Hall–Kier alpha value is -1.16. The van der Waals surface area contributed by atoms with Gasteiger partial charge in [-0.05, 0) is 15.9 Å². The van der Waals surface area contributed by atoms with E-state index in [-0.39, 0.29) is 16.3 Å². The van der Waals surface area contributed by atoms with Gasteiger partial charge < -0.3 is 4.74 Å². The van der Waals surface area contributed by atoms with Gasteiger partial charge in [-0.1, -0.05) is 0 Å². The molecule has 0 aliphatic heterocycles. The number of hydrogen-bond acceptors (Lipinski definition) is 5. The smallest absolute Gasteiger partial charge is 0.340 e. The Morgan fingerprint density at radius 1 is 1.53 bits per heavy atom. The monoisotopic (exact) mass is 318 g/mol. The molecule has 0 atom stereocenters. The lowest BCUT2D eigenvalue weighted by Gasteiger charge is -2.16. The van der Waals surface area contributed by atoms with E-state index in [9.17, 15) is 17.6 Å². The van der Waals surface area contributed by atoms with E-state index < -0.39 is 19.0 Å². The first kappa shape index (κ1) is 13.9. The Morgan fingerprint density at radius 3 is 2.71 bits per heavy atom. The van der Waals surface area contributed by atoms with Crippen molar-refractivity contribution >= 4 is 21.9 Å². The molecule has 1 aromatic rings. The summed E-state index contributed by atoms with van der Waals surface area (Å²) in [5.41, 5.74) is 2.06. The maximum atomic E-state index is 12.6. The van der Waals surface area contributed by atoms with Crippen molar-refractivity contribution < 1.29 is 22.3 Å². The van der Waals surface area contributed by atoms with Gasteiger partial charge >= 0.3 is 12.3 Å². The van der Waals surface area contributed by atoms with Crippen molar-refractivity contribution in [2.24, 2.45) is 5.84 Å². The molecule has 0 aromatic carbocycles. The molecule has 0 bridgehead atoms. The summed E-state index contributed by atoms with van der Waals surface area (Å²) in [6.45, 7) is -1.50. The zero-order chi connectivity index (χ0) is 13.1. The summed E-state index contributed by atoms with van der Waals surface area (Å²) < 4.78 is 53.5. The molecule has 5 nitrogen and oxygen atoms in total. The Balaban J connectivity index is 2.75. The molecule has 17 heavy (non-hydrogen) atoms. The molecular weight excluding hydrogens is 312 g/mol. The van der Waals surface area contributed by atoms with Crippen molar-refractivity contribution in [1.29, 1.82) is 0 Å². The molecule has 96 valence electrons. The number of hydrogen-bond donors (Lipinski definition) is 2. The molecule has 0 fully saturated rings.